The predicted octanol–water partition coefficient (Wildman–Crippen LogP) is 0.139. The van der Waals surface area contributed by atoms with Gasteiger partial charge in [0.1, 0.15) is 0 Å². The van der Waals surface area contributed by atoms with Gasteiger partial charge in [-0.3, -0.25) is 0 Å². The SMILES string of the molecule is CCOCC1CC(N)CO1. The van der Waals surface area contributed by atoms with Crippen LogP contribution in [-0.4, -0.2) is 32.0 Å². The zero-order valence-corrected chi connectivity index (χ0v) is 6.38. The van der Waals surface area contributed by atoms with E-state index in [9.17, 15) is 0 Å². The zero-order chi connectivity index (χ0) is 7.40. The summed E-state index contributed by atoms with van der Waals surface area (Å²) in [5.41, 5.74) is 5.62. The maximum Gasteiger partial charge on any atom is 0.0824 e. The minimum Gasteiger partial charge on any atom is -0.379 e. The third-order valence-electron chi connectivity index (χ3n) is 1.62. The van der Waals surface area contributed by atoms with Crippen molar-refractivity contribution in [2.45, 2.75) is 25.5 Å². The lowest BCUT2D eigenvalue weighted by Crippen LogP contribution is -2.20. The monoisotopic (exact) mass is 145 g/mol. The van der Waals surface area contributed by atoms with E-state index in [1.54, 1.807) is 0 Å². The number of hydrogen-bond donors (Lipinski definition) is 1. The molecule has 3 nitrogen and oxygen atoms in total. The van der Waals surface area contributed by atoms with Gasteiger partial charge in [-0.05, 0) is 13.3 Å². The molecule has 3 heteroatoms. The van der Waals surface area contributed by atoms with Crippen molar-refractivity contribution in [1.82, 2.24) is 0 Å². The third kappa shape index (κ3) is 2.25. The van der Waals surface area contributed by atoms with Crippen LogP contribution < -0.4 is 5.73 Å². The maximum atomic E-state index is 5.62. The van der Waals surface area contributed by atoms with E-state index >= 15 is 0 Å². The van der Waals surface area contributed by atoms with Gasteiger partial charge in [-0.2, -0.15) is 0 Å². The molecule has 0 radical (unpaired) electrons. The van der Waals surface area contributed by atoms with Crippen molar-refractivity contribution < 1.29 is 9.47 Å². The van der Waals surface area contributed by atoms with Gasteiger partial charge in [-0.25, -0.2) is 0 Å². The zero-order valence-electron chi connectivity index (χ0n) is 6.38. The summed E-state index contributed by atoms with van der Waals surface area (Å²) in [6.07, 6.45) is 1.19. The quantitative estimate of drug-likeness (QED) is 0.614. The molecule has 10 heavy (non-hydrogen) atoms. The van der Waals surface area contributed by atoms with Gasteiger partial charge < -0.3 is 15.2 Å². The Kier molecular flexibility index (Phi) is 3.12. The molecule has 1 heterocycles. The van der Waals surface area contributed by atoms with Crippen LogP contribution >= 0.6 is 0 Å². The molecule has 1 rings (SSSR count). The van der Waals surface area contributed by atoms with Crippen molar-refractivity contribution in [1.29, 1.82) is 0 Å². The van der Waals surface area contributed by atoms with Crippen LogP contribution in [0.15, 0.2) is 0 Å². The Labute approximate surface area is 61.5 Å². The van der Waals surface area contributed by atoms with E-state index < -0.39 is 0 Å². The molecule has 0 saturated carbocycles. The molecule has 2 atom stereocenters. The fourth-order valence-electron chi connectivity index (χ4n) is 1.10. The highest BCUT2D eigenvalue weighted by molar-refractivity contribution is 4.74. The van der Waals surface area contributed by atoms with E-state index in [1.807, 2.05) is 6.92 Å². The number of rotatable bonds is 3. The molecule has 1 aliphatic rings. The Morgan fingerprint density at radius 3 is 3.00 bits per heavy atom. The summed E-state index contributed by atoms with van der Waals surface area (Å²) in [7, 11) is 0. The summed E-state index contributed by atoms with van der Waals surface area (Å²) < 4.78 is 10.5. The minimum absolute atomic E-state index is 0.227. The van der Waals surface area contributed by atoms with Crippen molar-refractivity contribution in [3.05, 3.63) is 0 Å². The van der Waals surface area contributed by atoms with Crippen molar-refractivity contribution >= 4 is 0 Å². The lowest BCUT2D eigenvalue weighted by atomic mass is 10.2. The van der Waals surface area contributed by atoms with Crippen LogP contribution in [-0.2, 0) is 9.47 Å². The van der Waals surface area contributed by atoms with Crippen molar-refractivity contribution in [2.24, 2.45) is 5.73 Å². The molecule has 1 fully saturated rings. The molecule has 0 aromatic rings. The molecule has 1 aliphatic heterocycles. The molecule has 0 aliphatic carbocycles. The molecule has 0 aromatic carbocycles. The minimum atomic E-state index is 0.227. The second-order valence-corrected chi connectivity index (χ2v) is 2.61. The highest BCUT2D eigenvalue weighted by Gasteiger charge is 2.21. The molecular formula is C7H15NO2. The fourth-order valence-corrected chi connectivity index (χ4v) is 1.10. The first-order valence-electron chi connectivity index (χ1n) is 3.78. The van der Waals surface area contributed by atoms with E-state index in [-0.39, 0.29) is 12.1 Å². The van der Waals surface area contributed by atoms with Crippen LogP contribution in [0.3, 0.4) is 0 Å². The smallest absolute Gasteiger partial charge is 0.0824 e. The number of hydrogen-bond acceptors (Lipinski definition) is 3. The molecular weight excluding hydrogens is 130 g/mol. The molecule has 2 unspecified atom stereocenters. The van der Waals surface area contributed by atoms with Gasteiger partial charge in [-0.15, -0.1) is 0 Å². The van der Waals surface area contributed by atoms with Gasteiger partial charge in [0.2, 0.25) is 0 Å². The Morgan fingerprint density at radius 1 is 1.70 bits per heavy atom. The summed E-state index contributed by atoms with van der Waals surface area (Å²) in [5, 5.41) is 0. The third-order valence-corrected chi connectivity index (χ3v) is 1.62. The summed E-state index contributed by atoms with van der Waals surface area (Å²) in [5.74, 6) is 0. The molecule has 2 N–H and O–H groups in total. The topological polar surface area (TPSA) is 44.5 Å². The Morgan fingerprint density at radius 2 is 2.50 bits per heavy atom. The lowest BCUT2D eigenvalue weighted by Gasteiger charge is -2.07. The molecule has 0 amide bonds. The highest BCUT2D eigenvalue weighted by Crippen LogP contribution is 2.10. The van der Waals surface area contributed by atoms with Crippen LogP contribution in [0.4, 0.5) is 0 Å². The fraction of sp³-hybridized carbons (Fsp3) is 1.00. The Balaban J connectivity index is 2.06. The predicted molar refractivity (Wildman–Crippen MR) is 38.8 cm³/mol. The lowest BCUT2D eigenvalue weighted by molar-refractivity contribution is 0.0214. The highest BCUT2D eigenvalue weighted by atomic mass is 16.5. The van der Waals surface area contributed by atoms with Crippen molar-refractivity contribution in [3.63, 3.8) is 0 Å². The Bertz CT molecular complexity index is 97.6. The number of ether oxygens (including phenoxy) is 2. The van der Waals surface area contributed by atoms with E-state index in [0.717, 1.165) is 13.0 Å². The van der Waals surface area contributed by atoms with Crippen LogP contribution in [0.5, 0.6) is 0 Å². The summed E-state index contributed by atoms with van der Waals surface area (Å²) in [6.45, 7) is 4.13. The summed E-state index contributed by atoms with van der Waals surface area (Å²) in [4.78, 5) is 0. The van der Waals surface area contributed by atoms with Gasteiger partial charge in [0, 0.05) is 12.6 Å². The largest absolute Gasteiger partial charge is 0.379 e. The van der Waals surface area contributed by atoms with Gasteiger partial charge >= 0.3 is 0 Å². The summed E-state index contributed by atoms with van der Waals surface area (Å²) in [6, 6.07) is 0.227. The molecule has 0 bridgehead atoms. The normalized spacial score (nSPS) is 33.0. The standard InChI is InChI=1S/C7H15NO2/c1-2-9-5-7-3-6(8)4-10-7/h6-7H,2-5,8H2,1H3. The van der Waals surface area contributed by atoms with Crippen LogP contribution in [0.2, 0.25) is 0 Å². The van der Waals surface area contributed by atoms with Crippen molar-refractivity contribution in [2.75, 3.05) is 19.8 Å². The van der Waals surface area contributed by atoms with Crippen LogP contribution in [0.1, 0.15) is 13.3 Å². The second kappa shape index (κ2) is 3.91. The van der Waals surface area contributed by atoms with E-state index in [2.05, 4.69) is 0 Å². The van der Waals surface area contributed by atoms with Crippen molar-refractivity contribution in [3.8, 4) is 0 Å². The maximum absolute atomic E-state index is 5.62. The average Bonchev–Trinajstić information content (AvgIpc) is 2.31. The summed E-state index contributed by atoms with van der Waals surface area (Å²) >= 11 is 0. The van der Waals surface area contributed by atoms with Gasteiger partial charge in [0.15, 0.2) is 0 Å². The van der Waals surface area contributed by atoms with Crippen LogP contribution in [0.25, 0.3) is 0 Å². The van der Waals surface area contributed by atoms with Gasteiger partial charge in [0.25, 0.3) is 0 Å². The van der Waals surface area contributed by atoms with Crippen LogP contribution in [0, 0.1) is 0 Å². The Hall–Kier alpha value is -0.120. The van der Waals surface area contributed by atoms with Gasteiger partial charge in [-0.1, -0.05) is 0 Å². The first-order chi connectivity index (χ1) is 4.83. The second-order valence-electron chi connectivity index (χ2n) is 2.61. The first kappa shape index (κ1) is 7.98. The molecule has 60 valence electrons. The molecule has 0 spiro atoms. The van der Waals surface area contributed by atoms with Gasteiger partial charge in [0.05, 0.1) is 19.3 Å². The van der Waals surface area contributed by atoms with E-state index in [0.29, 0.717) is 13.2 Å². The van der Waals surface area contributed by atoms with E-state index in [1.165, 1.54) is 0 Å². The van der Waals surface area contributed by atoms with E-state index in [4.69, 9.17) is 15.2 Å². The first-order valence-corrected chi connectivity index (χ1v) is 3.78. The number of nitrogens with two attached hydrogens (primary N) is 1. The molecule has 0 aromatic heterocycles. The molecule has 1 saturated heterocycles. The average molecular weight is 145 g/mol.